The van der Waals surface area contributed by atoms with Crippen LogP contribution in [0.5, 0.6) is 0 Å². The first-order valence-corrected chi connectivity index (χ1v) is 11.8. The van der Waals surface area contributed by atoms with Gasteiger partial charge in [0.15, 0.2) is 8.32 Å². The zero-order valence-electron chi connectivity index (χ0n) is 15.6. The van der Waals surface area contributed by atoms with Crippen molar-refractivity contribution in [3.8, 4) is 0 Å². The average Bonchev–Trinajstić information content (AvgIpc) is 2.19. The highest BCUT2D eigenvalue weighted by molar-refractivity contribution is 6.69. The molecule has 0 saturated heterocycles. The third kappa shape index (κ3) is 3.31. The molecule has 23 heavy (non-hydrogen) atoms. The van der Waals surface area contributed by atoms with Crippen LogP contribution >= 0.6 is 0 Å². The zero-order valence-corrected chi connectivity index (χ0v) is 16.6. The van der Waals surface area contributed by atoms with Crippen LogP contribution in [0.25, 0.3) is 0 Å². The number of fused-ring (bicyclic) bond motifs is 2. The number of rotatable bonds is 4. The van der Waals surface area contributed by atoms with Crippen molar-refractivity contribution in [3.05, 3.63) is 11.6 Å². The maximum absolute atomic E-state index is 12.5. The summed E-state index contributed by atoms with van der Waals surface area (Å²) in [4.78, 5) is 24.2. The SMILES string of the molecule is CC(=O)O[C@H]1[C@@H]2C(C)=C[C@@](O[Si](C)(C)C)(CC2(C)C)[C@H]1C(C)=O. The molecule has 5 heteroatoms. The van der Waals surface area contributed by atoms with Crippen molar-refractivity contribution < 1.29 is 18.8 Å². The van der Waals surface area contributed by atoms with Crippen LogP contribution < -0.4 is 0 Å². The van der Waals surface area contributed by atoms with Crippen molar-refractivity contribution in [2.45, 2.75) is 72.4 Å². The predicted octanol–water partition coefficient (Wildman–Crippen LogP) is 3.72. The van der Waals surface area contributed by atoms with Gasteiger partial charge in [-0.3, -0.25) is 9.59 Å². The Morgan fingerprint density at radius 1 is 1.22 bits per heavy atom. The van der Waals surface area contributed by atoms with Crippen molar-refractivity contribution in [2.24, 2.45) is 17.3 Å². The Bertz CT molecular complexity index is 558. The van der Waals surface area contributed by atoms with E-state index < -0.39 is 25.9 Å². The fourth-order valence-electron chi connectivity index (χ4n) is 4.94. The monoisotopic (exact) mass is 338 g/mol. The fourth-order valence-corrected chi connectivity index (χ4v) is 6.34. The van der Waals surface area contributed by atoms with Crippen LogP contribution in [0.4, 0.5) is 0 Å². The molecule has 0 aromatic carbocycles. The molecule has 0 heterocycles. The van der Waals surface area contributed by atoms with Crippen LogP contribution in [0.1, 0.15) is 41.0 Å². The summed E-state index contributed by atoms with van der Waals surface area (Å²) in [6.07, 6.45) is 2.50. The van der Waals surface area contributed by atoms with E-state index >= 15 is 0 Å². The first-order chi connectivity index (χ1) is 10.3. The molecule has 0 aromatic rings. The van der Waals surface area contributed by atoms with Gasteiger partial charge in [0.05, 0.1) is 11.5 Å². The largest absolute Gasteiger partial charge is 0.461 e. The first-order valence-electron chi connectivity index (χ1n) is 8.36. The maximum atomic E-state index is 12.5. The second-order valence-corrected chi connectivity index (χ2v) is 13.3. The van der Waals surface area contributed by atoms with E-state index in [1.807, 2.05) is 0 Å². The number of carbonyl (C=O) groups is 2. The Kier molecular flexibility index (Phi) is 4.44. The standard InChI is InChI=1S/C18H30O4Si/c1-11-9-18(22-23(6,7)8)10-17(4,5)14(11)16(21-13(3)20)15(18)12(2)19/h9,14-16H,10H2,1-8H3/t14-,15-,16-,18+/m0/s1. The molecule has 3 rings (SSSR count). The maximum Gasteiger partial charge on any atom is 0.302 e. The lowest BCUT2D eigenvalue weighted by atomic mass is 9.50. The number of esters is 1. The van der Waals surface area contributed by atoms with Crippen LogP contribution in [0.3, 0.4) is 0 Å². The smallest absolute Gasteiger partial charge is 0.302 e. The lowest BCUT2D eigenvalue weighted by Gasteiger charge is -2.60. The predicted molar refractivity (Wildman–Crippen MR) is 92.5 cm³/mol. The quantitative estimate of drug-likeness (QED) is 0.445. The Balaban J connectivity index is 2.62. The zero-order chi connectivity index (χ0) is 17.8. The molecule has 2 bridgehead atoms. The molecule has 4 nitrogen and oxygen atoms in total. The molecule has 0 aromatic heterocycles. The van der Waals surface area contributed by atoms with Gasteiger partial charge in [-0.2, -0.15) is 0 Å². The van der Waals surface area contributed by atoms with Crippen molar-refractivity contribution in [1.82, 2.24) is 0 Å². The molecule has 0 amide bonds. The number of hydrogen-bond acceptors (Lipinski definition) is 4. The minimum absolute atomic E-state index is 0.0405. The van der Waals surface area contributed by atoms with Crippen LogP contribution in [-0.2, 0) is 18.8 Å². The summed E-state index contributed by atoms with van der Waals surface area (Å²) in [6.45, 7) is 15.8. The third-order valence-corrected chi connectivity index (χ3v) is 5.95. The topological polar surface area (TPSA) is 52.6 Å². The summed E-state index contributed by atoms with van der Waals surface area (Å²) in [5, 5.41) is 0. The molecule has 1 fully saturated rings. The molecule has 4 atom stereocenters. The molecule has 0 N–H and O–H groups in total. The van der Waals surface area contributed by atoms with Gasteiger partial charge in [0.1, 0.15) is 11.9 Å². The van der Waals surface area contributed by atoms with Gasteiger partial charge >= 0.3 is 5.97 Å². The van der Waals surface area contributed by atoms with Gasteiger partial charge in [-0.15, -0.1) is 0 Å². The van der Waals surface area contributed by atoms with Crippen molar-refractivity contribution >= 4 is 20.1 Å². The van der Waals surface area contributed by atoms with Gasteiger partial charge in [-0.1, -0.05) is 25.5 Å². The van der Waals surface area contributed by atoms with Gasteiger partial charge < -0.3 is 9.16 Å². The minimum atomic E-state index is -1.90. The summed E-state index contributed by atoms with van der Waals surface area (Å²) >= 11 is 0. The second kappa shape index (κ2) is 5.55. The van der Waals surface area contributed by atoms with Gasteiger partial charge in [-0.05, 0) is 45.3 Å². The van der Waals surface area contributed by atoms with Gasteiger partial charge in [-0.25, -0.2) is 0 Å². The summed E-state index contributed by atoms with van der Waals surface area (Å²) < 4.78 is 12.3. The van der Waals surface area contributed by atoms with Crippen molar-refractivity contribution in [2.75, 3.05) is 0 Å². The number of ketones is 1. The Morgan fingerprint density at radius 3 is 2.17 bits per heavy atom. The highest BCUT2D eigenvalue weighted by Crippen LogP contribution is 2.59. The van der Waals surface area contributed by atoms with Crippen molar-refractivity contribution in [3.63, 3.8) is 0 Å². The first kappa shape index (κ1) is 18.4. The molecule has 1 saturated carbocycles. The molecular formula is C18H30O4Si. The fraction of sp³-hybridized carbons (Fsp3) is 0.778. The van der Waals surface area contributed by atoms with Gasteiger partial charge in [0.25, 0.3) is 0 Å². The Morgan fingerprint density at radius 2 is 1.78 bits per heavy atom. The second-order valence-electron chi connectivity index (χ2n) is 8.86. The lowest BCUT2D eigenvalue weighted by molar-refractivity contribution is -0.184. The van der Waals surface area contributed by atoms with E-state index in [9.17, 15) is 9.59 Å². The summed E-state index contributed by atoms with van der Waals surface area (Å²) in [5.74, 6) is -0.647. The molecule has 3 aliphatic rings. The minimum Gasteiger partial charge on any atom is -0.461 e. The van der Waals surface area contributed by atoms with Crippen LogP contribution in [0.15, 0.2) is 11.6 Å². The van der Waals surface area contributed by atoms with E-state index in [2.05, 4.69) is 46.5 Å². The Labute approximate surface area is 140 Å². The molecule has 3 aliphatic carbocycles. The van der Waals surface area contributed by atoms with Crippen LogP contribution in [0, 0.1) is 17.3 Å². The van der Waals surface area contributed by atoms with Crippen molar-refractivity contribution in [1.29, 1.82) is 0 Å². The molecule has 0 spiro atoms. The van der Waals surface area contributed by atoms with E-state index in [1.165, 1.54) is 12.5 Å². The normalized spacial score (nSPS) is 35.7. The molecule has 0 unspecified atom stereocenters. The van der Waals surface area contributed by atoms with Gasteiger partial charge in [0, 0.05) is 12.8 Å². The highest BCUT2D eigenvalue weighted by Gasteiger charge is 2.63. The molecule has 0 aliphatic heterocycles. The highest BCUT2D eigenvalue weighted by atomic mass is 28.4. The summed E-state index contributed by atoms with van der Waals surface area (Å²) in [6, 6.07) is 0. The number of carbonyl (C=O) groups excluding carboxylic acids is 2. The third-order valence-electron chi connectivity index (χ3n) is 4.96. The molecular weight excluding hydrogens is 308 g/mol. The number of hydrogen-bond donors (Lipinski definition) is 0. The molecule has 130 valence electrons. The average molecular weight is 339 g/mol. The van der Waals surface area contributed by atoms with E-state index in [0.29, 0.717) is 0 Å². The summed E-state index contributed by atoms with van der Waals surface area (Å²) in [7, 11) is -1.90. The number of ether oxygens (including phenoxy) is 1. The van der Waals surface area contributed by atoms with Crippen LogP contribution in [-0.4, -0.2) is 31.8 Å². The van der Waals surface area contributed by atoms with E-state index in [0.717, 1.165) is 6.42 Å². The van der Waals surface area contributed by atoms with E-state index in [-0.39, 0.29) is 23.1 Å². The van der Waals surface area contributed by atoms with Gasteiger partial charge in [0.2, 0.25) is 0 Å². The van der Waals surface area contributed by atoms with E-state index in [4.69, 9.17) is 9.16 Å². The van der Waals surface area contributed by atoms with Crippen LogP contribution in [0.2, 0.25) is 19.6 Å². The lowest BCUT2D eigenvalue weighted by Crippen LogP contribution is -2.66. The Hall–Kier alpha value is -0.943. The number of Topliss-reactive ketones (excluding diaryl/α,β-unsaturated/α-hetero) is 1. The van der Waals surface area contributed by atoms with E-state index in [1.54, 1.807) is 6.92 Å². The summed E-state index contributed by atoms with van der Waals surface area (Å²) in [5.41, 5.74) is 0.437. The molecule has 0 radical (unpaired) electrons.